The molecule has 0 saturated carbocycles. The van der Waals surface area contributed by atoms with Gasteiger partial charge in [0.15, 0.2) is 5.82 Å². The van der Waals surface area contributed by atoms with Gasteiger partial charge in [-0.2, -0.15) is 0 Å². The van der Waals surface area contributed by atoms with Crippen molar-refractivity contribution in [1.29, 1.82) is 0 Å². The Kier molecular flexibility index (Phi) is 7.09. The average Bonchev–Trinajstić information content (AvgIpc) is 2.89. The van der Waals surface area contributed by atoms with Crippen molar-refractivity contribution in [2.75, 3.05) is 0 Å². The normalized spacial score (nSPS) is 11.9. The van der Waals surface area contributed by atoms with E-state index in [4.69, 9.17) is 0 Å². The quantitative estimate of drug-likeness (QED) is 0.640. The molecule has 98 valence electrons. The molecule has 1 atom stereocenters. The second-order valence-corrected chi connectivity index (χ2v) is 4.79. The van der Waals surface area contributed by atoms with Crippen LogP contribution in [0.1, 0.15) is 37.9 Å². The van der Waals surface area contributed by atoms with E-state index in [1.165, 1.54) is 0 Å². The minimum absolute atomic E-state index is 0. The molecular weight excluding hydrogens is 321 g/mol. The van der Waals surface area contributed by atoms with Gasteiger partial charge in [0.25, 0.3) is 0 Å². The molecule has 0 bridgehead atoms. The molecule has 0 saturated heterocycles. The predicted octanol–water partition coefficient (Wildman–Crippen LogP) is 1.60. The van der Waals surface area contributed by atoms with Gasteiger partial charge >= 0.3 is 29.6 Å². The molecule has 1 unspecified atom stereocenters. The molecule has 0 aliphatic rings. The molecule has 0 fully saturated rings. The van der Waals surface area contributed by atoms with Crippen LogP contribution >= 0.6 is 15.9 Å². The van der Waals surface area contributed by atoms with Gasteiger partial charge in [-0.1, -0.05) is 25.8 Å². The SMILES string of the molecule is CCCCC(O)c1ccc(Br)nc1-c1nnn[nH]1.[NaH]. The summed E-state index contributed by atoms with van der Waals surface area (Å²) >= 11 is 3.31. The van der Waals surface area contributed by atoms with E-state index in [9.17, 15) is 5.11 Å². The average molecular weight is 336 g/mol. The van der Waals surface area contributed by atoms with Crippen molar-refractivity contribution in [3.8, 4) is 11.5 Å². The maximum atomic E-state index is 10.2. The topological polar surface area (TPSA) is 87.6 Å². The number of nitrogens with zero attached hydrogens (tertiary/aromatic N) is 4. The van der Waals surface area contributed by atoms with Crippen molar-refractivity contribution < 1.29 is 5.11 Å². The van der Waals surface area contributed by atoms with Crippen LogP contribution in [0.5, 0.6) is 0 Å². The molecule has 19 heavy (non-hydrogen) atoms. The number of rotatable bonds is 5. The summed E-state index contributed by atoms with van der Waals surface area (Å²) < 4.78 is 0.681. The summed E-state index contributed by atoms with van der Waals surface area (Å²) in [6.07, 6.45) is 2.16. The summed E-state index contributed by atoms with van der Waals surface area (Å²) in [7, 11) is 0. The molecule has 0 aliphatic carbocycles. The van der Waals surface area contributed by atoms with Crippen LogP contribution in [0.25, 0.3) is 11.5 Å². The van der Waals surface area contributed by atoms with Crippen LogP contribution in [0.4, 0.5) is 0 Å². The van der Waals surface area contributed by atoms with Crippen LogP contribution in [0.2, 0.25) is 0 Å². The number of hydrogen-bond donors (Lipinski definition) is 2. The van der Waals surface area contributed by atoms with E-state index in [0.29, 0.717) is 22.5 Å². The molecule has 2 aromatic rings. The summed E-state index contributed by atoms with van der Waals surface area (Å²) in [4.78, 5) is 4.33. The van der Waals surface area contributed by atoms with Crippen LogP contribution in [0.3, 0.4) is 0 Å². The Morgan fingerprint density at radius 3 is 2.84 bits per heavy atom. The Labute approximate surface area is 141 Å². The summed E-state index contributed by atoms with van der Waals surface area (Å²) in [5.41, 5.74) is 1.32. The molecule has 0 spiro atoms. The Balaban J connectivity index is 0.00000180. The Bertz CT molecular complexity index is 508. The van der Waals surface area contributed by atoms with E-state index in [-0.39, 0.29) is 29.6 Å². The van der Waals surface area contributed by atoms with Gasteiger partial charge in [-0.15, -0.1) is 5.10 Å². The van der Waals surface area contributed by atoms with Crippen LogP contribution in [0.15, 0.2) is 16.7 Å². The number of halogens is 1. The zero-order valence-electron chi connectivity index (χ0n) is 9.97. The van der Waals surface area contributed by atoms with Crippen LogP contribution in [0, 0.1) is 0 Å². The number of unbranched alkanes of at least 4 members (excludes halogenated alkanes) is 1. The fourth-order valence-electron chi connectivity index (χ4n) is 1.72. The van der Waals surface area contributed by atoms with E-state index in [0.717, 1.165) is 18.4 Å². The monoisotopic (exact) mass is 335 g/mol. The van der Waals surface area contributed by atoms with Crippen molar-refractivity contribution in [1.82, 2.24) is 25.6 Å². The molecule has 6 nitrogen and oxygen atoms in total. The zero-order chi connectivity index (χ0) is 13.0. The molecule has 0 aliphatic heterocycles. The second kappa shape index (κ2) is 8.06. The number of hydrogen-bond acceptors (Lipinski definition) is 5. The van der Waals surface area contributed by atoms with Gasteiger partial charge in [0.05, 0.1) is 6.10 Å². The Morgan fingerprint density at radius 1 is 1.42 bits per heavy atom. The summed E-state index contributed by atoms with van der Waals surface area (Å²) in [6.45, 7) is 2.09. The van der Waals surface area contributed by atoms with Crippen molar-refractivity contribution in [3.05, 3.63) is 22.3 Å². The fraction of sp³-hybridized carbons (Fsp3) is 0.455. The van der Waals surface area contributed by atoms with Gasteiger partial charge in [-0.3, -0.25) is 0 Å². The first-order valence-corrected chi connectivity index (χ1v) is 6.60. The molecule has 2 rings (SSSR count). The summed E-state index contributed by atoms with van der Waals surface area (Å²) in [5, 5.41) is 23.8. The number of aromatic nitrogens is 5. The van der Waals surface area contributed by atoms with Crippen LogP contribution in [-0.2, 0) is 0 Å². The second-order valence-electron chi connectivity index (χ2n) is 3.98. The summed E-state index contributed by atoms with van der Waals surface area (Å²) in [5.74, 6) is 0.460. The standard InChI is InChI=1S/C11H14BrN5O.Na.H/c1-2-3-4-8(18)7-5-6-9(12)13-10(7)11-14-16-17-15-11;;/h5-6,8,18H,2-4H2,1H3,(H,14,15,16,17);;. The maximum absolute atomic E-state index is 10.2. The van der Waals surface area contributed by atoms with E-state index in [1.54, 1.807) is 6.07 Å². The third kappa shape index (κ3) is 4.32. The van der Waals surface area contributed by atoms with E-state index in [1.807, 2.05) is 6.07 Å². The van der Waals surface area contributed by atoms with Gasteiger partial charge < -0.3 is 5.11 Å². The van der Waals surface area contributed by atoms with E-state index < -0.39 is 6.10 Å². The molecule has 0 aromatic carbocycles. The number of H-pyrrole nitrogens is 1. The number of nitrogens with one attached hydrogen (secondary N) is 1. The first-order valence-electron chi connectivity index (χ1n) is 5.81. The Hall–Kier alpha value is -0.340. The van der Waals surface area contributed by atoms with E-state index >= 15 is 0 Å². The van der Waals surface area contributed by atoms with Crippen LogP contribution in [-0.4, -0.2) is 60.3 Å². The molecule has 2 heterocycles. The summed E-state index contributed by atoms with van der Waals surface area (Å²) in [6, 6.07) is 3.65. The van der Waals surface area contributed by atoms with Gasteiger partial charge in [-0.25, -0.2) is 10.1 Å². The molecule has 0 radical (unpaired) electrons. The molecule has 8 heteroatoms. The van der Waals surface area contributed by atoms with Crippen molar-refractivity contribution in [2.24, 2.45) is 0 Å². The van der Waals surface area contributed by atoms with Gasteiger partial charge in [0, 0.05) is 5.56 Å². The van der Waals surface area contributed by atoms with Crippen LogP contribution < -0.4 is 0 Å². The number of aliphatic hydroxyl groups excluding tert-OH is 1. The Morgan fingerprint density at radius 2 is 2.21 bits per heavy atom. The van der Waals surface area contributed by atoms with Gasteiger partial charge in [-0.05, 0) is 38.8 Å². The van der Waals surface area contributed by atoms with Gasteiger partial charge in [0.1, 0.15) is 10.3 Å². The number of aromatic amines is 1. The molecular formula is C11H15BrN5NaO. The zero-order valence-corrected chi connectivity index (χ0v) is 11.6. The molecule has 0 amide bonds. The number of pyridine rings is 1. The number of tetrazole rings is 1. The molecule has 2 N–H and O–H groups in total. The van der Waals surface area contributed by atoms with Gasteiger partial charge in [0.2, 0.25) is 0 Å². The van der Waals surface area contributed by atoms with Crippen molar-refractivity contribution in [2.45, 2.75) is 32.3 Å². The first kappa shape index (κ1) is 16.7. The predicted molar refractivity (Wildman–Crippen MR) is 76.7 cm³/mol. The van der Waals surface area contributed by atoms with Crippen molar-refractivity contribution in [3.63, 3.8) is 0 Å². The molecule has 2 aromatic heterocycles. The fourth-order valence-corrected chi connectivity index (χ4v) is 2.03. The third-order valence-corrected chi connectivity index (χ3v) is 3.09. The van der Waals surface area contributed by atoms with E-state index in [2.05, 4.69) is 48.5 Å². The minimum atomic E-state index is -0.550. The third-order valence-electron chi connectivity index (χ3n) is 2.65. The number of aliphatic hydroxyl groups is 1. The first-order chi connectivity index (χ1) is 8.72. The van der Waals surface area contributed by atoms with Crippen molar-refractivity contribution >= 4 is 45.5 Å².